The summed E-state index contributed by atoms with van der Waals surface area (Å²) in [6.45, 7) is 0. The van der Waals surface area contributed by atoms with Crippen LogP contribution >= 0.6 is 22.7 Å². The number of aromatic nitrogens is 5. The first-order chi connectivity index (χ1) is 28.7. The van der Waals surface area contributed by atoms with Gasteiger partial charge in [0.25, 0.3) is 0 Å². The van der Waals surface area contributed by atoms with E-state index in [0.717, 1.165) is 80.4 Å². The quantitative estimate of drug-likeness (QED) is 0.167. The second-order valence-electron chi connectivity index (χ2n) is 14.0. The fourth-order valence-corrected chi connectivity index (χ4v) is 9.95. The highest BCUT2D eigenvalue weighted by Crippen LogP contribution is 2.43. The Kier molecular flexibility index (Phi) is 8.14. The van der Waals surface area contributed by atoms with Crippen LogP contribution in [-0.4, -0.2) is 24.9 Å². The molecular weight excluding hydrogens is 749 g/mol. The van der Waals surface area contributed by atoms with Crippen molar-refractivity contribution in [2.24, 2.45) is 0 Å². The van der Waals surface area contributed by atoms with E-state index >= 15 is 0 Å². The number of hydrogen-bond acceptors (Lipinski definition) is 8. The number of rotatable bonds is 6. The van der Waals surface area contributed by atoms with Gasteiger partial charge in [0.2, 0.25) is 0 Å². The first-order valence-corrected chi connectivity index (χ1v) is 20.4. The van der Waals surface area contributed by atoms with Gasteiger partial charge in [-0.05, 0) is 41.5 Å². The molecule has 0 aliphatic heterocycles. The van der Waals surface area contributed by atoms with Crippen LogP contribution in [0.25, 0.3) is 108 Å². The van der Waals surface area contributed by atoms with E-state index in [9.17, 15) is 5.26 Å². The third-order valence-electron chi connectivity index (χ3n) is 10.4. The molecule has 11 rings (SSSR count). The van der Waals surface area contributed by atoms with Gasteiger partial charge >= 0.3 is 0 Å². The number of nitrogens with zero attached hydrogens (tertiary/aromatic N) is 6. The average molecular weight is 777 g/mol. The third-order valence-corrected chi connectivity index (χ3v) is 12.8. The Bertz CT molecular complexity index is 3400. The monoisotopic (exact) mass is 776 g/mol. The van der Waals surface area contributed by atoms with Gasteiger partial charge in [0.05, 0.1) is 27.5 Å². The minimum atomic E-state index is 0.586. The topological polar surface area (TPSA) is 88.2 Å². The van der Waals surface area contributed by atoms with Gasteiger partial charge in [-0.1, -0.05) is 140 Å². The standard InChI is InChI=1S/C50H28N6S2/c51-29-30-11-9-16-35(27-30)31-21-23-34(24-22-31)48-54-47(33-14-5-2-6-15-33)55-49(56-48)36-25-26-37-38-18-10-19-40(45(38)58-42(37)28-36)50-52-43(32-12-3-1-4-13-32)46-44(53-50)39-17-7-8-20-41(39)57-46/h1-28H. The molecule has 6 nitrogen and oxygen atoms in total. The van der Waals surface area contributed by atoms with E-state index in [0.29, 0.717) is 28.9 Å². The van der Waals surface area contributed by atoms with Crippen molar-refractivity contribution in [3.05, 3.63) is 175 Å². The fourth-order valence-electron chi connectivity index (χ4n) is 7.55. The number of fused-ring (bicyclic) bond motifs is 6. The van der Waals surface area contributed by atoms with Crippen molar-refractivity contribution < 1.29 is 0 Å². The highest BCUT2D eigenvalue weighted by atomic mass is 32.1. The number of hydrogen-bond donors (Lipinski definition) is 0. The molecule has 58 heavy (non-hydrogen) atoms. The van der Waals surface area contributed by atoms with Gasteiger partial charge in [-0.25, -0.2) is 24.9 Å². The highest BCUT2D eigenvalue weighted by Gasteiger charge is 2.20. The molecule has 0 spiro atoms. The van der Waals surface area contributed by atoms with Gasteiger partial charge in [-0.2, -0.15) is 5.26 Å². The predicted molar refractivity (Wildman–Crippen MR) is 239 cm³/mol. The Morgan fingerprint density at radius 2 is 0.983 bits per heavy atom. The lowest BCUT2D eigenvalue weighted by Crippen LogP contribution is -2.00. The molecule has 0 saturated carbocycles. The maximum Gasteiger partial charge on any atom is 0.164 e. The Hall–Kier alpha value is -7.44. The van der Waals surface area contributed by atoms with Crippen LogP contribution in [0.15, 0.2) is 170 Å². The van der Waals surface area contributed by atoms with Crippen LogP contribution in [0.2, 0.25) is 0 Å². The Morgan fingerprint density at radius 3 is 1.76 bits per heavy atom. The van der Waals surface area contributed by atoms with Gasteiger partial charge in [0.15, 0.2) is 23.3 Å². The molecule has 0 radical (unpaired) electrons. The number of thiophene rings is 2. The van der Waals surface area contributed by atoms with Gasteiger partial charge in [0.1, 0.15) is 0 Å². The SMILES string of the molecule is N#Cc1cccc(-c2ccc(-c3nc(-c4ccccc4)nc(-c4ccc5c(c4)sc4c(-c6nc(-c7ccccc7)c7sc8ccccc8c7n6)cccc45)n3)cc2)c1. The molecule has 11 aromatic rings. The molecule has 7 aromatic carbocycles. The lowest BCUT2D eigenvalue weighted by molar-refractivity contribution is 1.07. The van der Waals surface area contributed by atoms with Crippen molar-refractivity contribution in [2.75, 3.05) is 0 Å². The molecule has 0 N–H and O–H groups in total. The highest BCUT2D eigenvalue weighted by molar-refractivity contribution is 7.26. The number of nitriles is 1. The van der Waals surface area contributed by atoms with E-state index < -0.39 is 0 Å². The summed E-state index contributed by atoms with van der Waals surface area (Å²) in [5, 5.41) is 12.9. The second kappa shape index (κ2) is 13.9. The smallest absolute Gasteiger partial charge is 0.164 e. The van der Waals surface area contributed by atoms with Crippen molar-refractivity contribution >= 4 is 63.1 Å². The summed E-state index contributed by atoms with van der Waals surface area (Å²) >= 11 is 3.48. The van der Waals surface area contributed by atoms with E-state index in [4.69, 9.17) is 24.9 Å². The van der Waals surface area contributed by atoms with E-state index in [-0.39, 0.29) is 0 Å². The molecule has 0 aliphatic carbocycles. The molecule has 0 unspecified atom stereocenters. The molecule has 0 atom stereocenters. The number of benzene rings is 7. The summed E-state index contributed by atoms with van der Waals surface area (Å²) in [4.78, 5) is 25.6. The Labute approximate surface area is 341 Å². The van der Waals surface area contributed by atoms with E-state index in [1.165, 1.54) is 4.70 Å². The van der Waals surface area contributed by atoms with Crippen LogP contribution in [0.4, 0.5) is 0 Å². The molecule has 0 saturated heterocycles. The molecule has 0 bridgehead atoms. The fraction of sp³-hybridized carbons (Fsp3) is 0. The van der Waals surface area contributed by atoms with Crippen LogP contribution in [0.3, 0.4) is 0 Å². The molecule has 0 aliphatic rings. The third kappa shape index (κ3) is 5.89. The molecule has 0 amide bonds. The van der Waals surface area contributed by atoms with Gasteiger partial charge in [0, 0.05) is 58.1 Å². The summed E-state index contributed by atoms with van der Waals surface area (Å²) in [5.41, 5.74) is 9.32. The second-order valence-corrected chi connectivity index (χ2v) is 16.1. The van der Waals surface area contributed by atoms with Crippen molar-refractivity contribution in [2.45, 2.75) is 0 Å². The van der Waals surface area contributed by atoms with Crippen LogP contribution in [0.1, 0.15) is 5.56 Å². The maximum atomic E-state index is 9.42. The normalized spacial score (nSPS) is 11.4. The summed E-state index contributed by atoms with van der Waals surface area (Å²) in [6, 6.07) is 59.8. The van der Waals surface area contributed by atoms with Gasteiger partial charge in [-0.15, -0.1) is 22.7 Å². The zero-order valence-electron chi connectivity index (χ0n) is 30.7. The summed E-state index contributed by atoms with van der Waals surface area (Å²) in [7, 11) is 0. The van der Waals surface area contributed by atoms with Crippen LogP contribution < -0.4 is 0 Å². The van der Waals surface area contributed by atoms with Crippen molar-refractivity contribution in [3.8, 4) is 74.0 Å². The summed E-state index contributed by atoms with van der Waals surface area (Å²) in [6.07, 6.45) is 0. The zero-order valence-corrected chi connectivity index (χ0v) is 32.3. The van der Waals surface area contributed by atoms with Crippen LogP contribution in [-0.2, 0) is 0 Å². The van der Waals surface area contributed by atoms with Gasteiger partial charge < -0.3 is 0 Å². The minimum Gasteiger partial charge on any atom is -0.226 e. The Balaban J connectivity index is 1.04. The molecule has 4 aromatic heterocycles. The van der Waals surface area contributed by atoms with Gasteiger partial charge in [-0.3, -0.25) is 0 Å². The summed E-state index contributed by atoms with van der Waals surface area (Å²) < 4.78 is 4.55. The van der Waals surface area contributed by atoms with Crippen LogP contribution in [0.5, 0.6) is 0 Å². The van der Waals surface area contributed by atoms with Crippen molar-refractivity contribution in [1.82, 2.24) is 24.9 Å². The van der Waals surface area contributed by atoms with Crippen LogP contribution in [0, 0.1) is 11.3 Å². The zero-order chi connectivity index (χ0) is 38.6. The Morgan fingerprint density at radius 1 is 0.379 bits per heavy atom. The largest absolute Gasteiger partial charge is 0.226 e. The summed E-state index contributed by atoms with van der Waals surface area (Å²) in [5.74, 6) is 2.50. The first-order valence-electron chi connectivity index (χ1n) is 18.8. The lowest BCUT2D eigenvalue weighted by Gasteiger charge is -2.09. The maximum absolute atomic E-state index is 9.42. The van der Waals surface area contributed by atoms with Crippen molar-refractivity contribution in [3.63, 3.8) is 0 Å². The van der Waals surface area contributed by atoms with Crippen molar-refractivity contribution in [1.29, 1.82) is 5.26 Å². The molecule has 270 valence electrons. The minimum absolute atomic E-state index is 0.586. The molecular formula is C50H28N6S2. The van der Waals surface area contributed by atoms with E-state index in [1.807, 2.05) is 84.9 Å². The van der Waals surface area contributed by atoms with E-state index in [2.05, 4.69) is 91.0 Å². The lowest BCUT2D eigenvalue weighted by atomic mass is 10.0. The molecule has 8 heteroatoms. The average Bonchev–Trinajstić information content (AvgIpc) is 3.87. The van der Waals surface area contributed by atoms with E-state index in [1.54, 1.807) is 22.7 Å². The predicted octanol–water partition coefficient (Wildman–Crippen LogP) is 13.3. The molecule has 0 fully saturated rings. The first kappa shape index (κ1) is 33.9. The molecule has 4 heterocycles.